The topological polar surface area (TPSA) is 93.0 Å². The lowest BCUT2D eigenvalue weighted by molar-refractivity contribution is -0.384. The number of hydrogen-bond acceptors (Lipinski definition) is 6. The van der Waals surface area contributed by atoms with E-state index < -0.39 is 10.9 Å². The second kappa shape index (κ2) is 8.62. The monoisotopic (exact) mass is 383 g/mol. The van der Waals surface area contributed by atoms with Gasteiger partial charge in [-0.05, 0) is 23.8 Å². The Kier molecular flexibility index (Phi) is 6.00. The highest BCUT2D eigenvalue weighted by Gasteiger charge is 2.23. The van der Waals surface area contributed by atoms with Gasteiger partial charge in [-0.2, -0.15) is 0 Å². The highest BCUT2D eigenvalue weighted by Crippen LogP contribution is 2.17. The van der Waals surface area contributed by atoms with E-state index in [0.717, 1.165) is 5.56 Å². The van der Waals surface area contributed by atoms with Crippen LogP contribution in [0.4, 0.5) is 5.69 Å². The molecule has 0 bridgehead atoms. The lowest BCUT2D eigenvalue weighted by Crippen LogP contribution is -2.48. The van der Waals surface area contributed by atoms with Crippen molar-refractivity contribution < 1.29 is 19.2 Å². The Balaban J connectivity index is 1.59. The number of non-ortho nitro benzene ring substituents is 1. The summed E-state index contributed by atoms with van der Waals surface area (Å²) in [7, 11) is 1.30. The molecule has 0 saturated carbocycles. The van der Waals surface area contributed by atoms with Crippen molar-refractivity contribution in [2.75, 3.05) is 33.3 Å². The Hall–Kier alpha value is -3.26. The lowest BCUT2D eigenvalue weighted by atomic mass is 10.1. The molecule has 0 aromatic heterocycles. The smallest absolute Gasteiger partial charge is 0.337 e. The van der Waals surface area contributed by atoms with Crippen LogP contribution in [0.25, 0.3) is 0 Å². The van der Waals surface area contributed by atoms with Crippen LogP contribution in [0.1, 0.15) is 26.3 Å². The molecule has 1 fully saturated rings. The summed E-state index contributed by atoms with van der Waals surface area (Å²) in [5.41, 5.74) is 1.75. The Morgan fingerprint density at radius 3 is 2.39 bits per heavy atom. The molecule has 0 unspecified atom stereocenters. The number of rotatable bonds is 5. The molecule has 8 nitrogen and oxygen atoms in total. The second-order valence-electron chi connectivity index (χ2n) is 6.57. The third kappa shape index (κ3) is 4.52. The predicted molar refractivity (Wildman–Crippen MR) is 102 cm³/mol. The molecular weight excluding hydrogens is 362 g/mol. The molecule has 1 heterocycles. The van der Waals surface area contributed by atoms with E-state index in [-0.39, 0.29) is 11.6 Å². The van der Waals surface area contributed by atoms with Gasteiger partial charge in [-0.25, -0.2) is 4.79 Å². The van der Waals surface area contributed by atoms with Gasteiger partial charge in [0.15, 0.2) is 0 Å². The van der Waals surface area contributed by atoms with Gasteiger partial charge in [-0.15, -0.1) is 0 Å². The number of nitro groups is 1. The van der Waals surface area contributed by atoms with Gasteiger partial charge in [0.1, 0.15) is 0 Å². The minimum absolute atomic E-state index is 0.0804. The molecule has 1 saturated heterocycles. The number of methoxy groups -OCH3 is 1. The van der Waals surface area contributed by atoms with Gasteiger partial charge in [-0.3, -0.25) is 19.8 Å². The SMILES string of the molecule is COC(=O)c1cccc(C(=O)N2CCN(Cc3cccc([N+](=O)[O-])c3)CC2)c1. The van der Waals surface area contributed by atoms with E-state index in [9.17, 15) is 19.7 Å². The minimum Gasteiger partial charge on any atom is -0.465 e. The highest BCUT2D eigenvalue weighted by atomic mass is 16.6. The number of nitrogens with zero attached hydrogens (tertiary/aromatic N) is 3. The zero-order valence-corrected chi connectivity index (χ0v) is 15.5. The molecule has 0 aliphatic carbocycles. The average molecular weight is 383 g/mol. The number of ether oxygens (including phenoxy) is 1. The first-order chi connectivity index (χ1) is 13.5. The maximum absolute atomic E-state index is 12.7. The molecule has 28 heavy (non-hydrogen) atoms. The Labute approximate surface area is 162 Å². The number of nitro benzene ring substituents is 1. The number of amides is 1. The van der Waals surface area contributed by atoms with E-state index in [1.807, 2.05) is 6.07 Å². The zero-order valence-electron chi connectivity index (χ0n) is 15.5. The summed E-state index contributed by atoms with van der Waals surface area (Å²) in [6.07, 6.45) is 0. The molecule has 2 aromatic carbocycles. The van der Waals surface area contributed by atoms with Gasteiger partial charge in [0.05, 0.1) is 17.6 Å². The van der Waals surface area contributed by atoms with Crippen molar-refractivity contribution in [2.24, 2.45) is 0 Å². The van der Waals surface area contributed by atoms with E-state index in [0.29, 0.717) is 43.9 Å². The van der Waals surface area contributed by atoms with Crippen LogP contribution >= 0.6 is 0 Å². The Bertz CT molecular complexity index is 891. The van der Waals surface area contributed by atoms with Crippen molar-refractivity contribution in [3.63, 3.8) is 0 Å². The van der Waals surface area contributed by atoms with Gasteiger partial charge in [-0.1, -0.05) is 18.2 Å². The number of carbonyl (C=O) groups excluding carboxylic acids is 2. The molecule has 1 aliphatic heterocycles. The normalized spacial score (nSPS) is 14.5. The molecule has 1 aliphatic rings. The fraction of sp³-hybridized carbons (Fsp3) is 0.300. The van der Waals surface area contributed by atoms with Gasteiger partial charge < -0.3 is 9.64 Å². The standard InChI is InChI=1S/C20H21N3O5/c1-28-20(25)17-6-3-5-16(13-17)19(24)22-10-8-21(9-11-22)14-15-4-2-7-18(12-15)23(26)27/h2-7,12-13H,8-11,14H2,1H3. The van der Waals surface area contributed by atoms with Gasteiger partial charge in [0, 0.05) is 50.4 Å². The van der Waals surface area contributed by atoms with Crippen molar-refractivity contribution in [2.45, 2.75) is 6.54 Å². The van der Waals surface area contributed by atoms with Crippen molar-refractivity contribution in [1.29, 1.82) is 0 Å². The fourth-order valence-electron chi connectivity index (χ4n) is 3.22. The van der Waals surface area contributed by atoms with Crippen LogP contribution in [0.3, 0.4) is 0 Å². The maximum atomic E-state index is 12.7. The predicted octanol–water partition coefficient (Wildman–Crippen LogP) is 2.34. The van der Waals surface area contributed by atoms with Crippen molar-refractivity contribution >= 4 is 17.6 Å². The van der Waals surface area contributed by atoms with E-state index in [4.69, 9.17) is 4.74 Å². The van der Waals surface area contributed by atoms with Crippen LogP contribution in [-0.2, 0) is 11.3 Å². The second-order valence-corrected chi connectivity index (χ2v) is 6.57. The molecule has 146 valence electrons. The lowest BCUT2D eigenvalue weighted by Gasteiger charge is -2.34. The molecule has 0 spiro atoms. The average Bonchev–Trinajstić information content (AvgIpc) is 2.73. The first-order valence-corrected chi connectivity index (χ1v) is 8.91. The minimum atomic E-state index is -0.476. The largest absolute Gasteiger partial charge is 0.465 e. The molecule has 1 amide bonds. The number of carbonyl (C=O) groups is 2. The molecular formula is C20H21N3O5. The fourth-order valence-corrected chi connectivity index (χ4v) is 3.22. The zero-order chi connectivity index (χ0) is 20.1. The summed E-state index contributed by atoms with van der Waals surface area (Å²) < 4.78 is 4.70. The molecule has 0 radical (unpaired) electrons. The van der Waals surface area contributed by atoms with Gasteiger partial charge in [0.25, 0.3) is 11.6 Å². The van der Waals surface area contributed by atoms with Gasteiger partial charge in [0.2, 0.25) is 0 Å². The number of benzene rings is 2. The van der Waals surface area contributed by atoms with E-state index >= 15 is 0 Å². The summed E-state index contributed by atoms with van der Waals surface area (Å²) in [6.45, 7) is 3.05. The Morgan fingerprint density at radius 1 is 1.04 bits per heavy atom. The summed E-state index contributed by atoms with van der Waals surface area (Å²) >= 11 is 0. The summed E-state index contributed by atoms with van der Waals surface area (Å²) in [4.78, 5) is 38.8. The Morgan fingerprint density at radius 2 is 1.71 bits per heavy atom. The molecule has 0 atom stereocenters. The van der Waals surface area contributed by atoms with E-state index in [1.165, 1.54) is 13.2 Å². The van der Waals surface area contributed by atoms with Crippen LogP contribution in [0, 0.1) is 10.1 Å². The van der Waals surface area contributed by atoms with Crippen molar-refractivity contribution in [3.05, 3.63) is 75.3 Å². The van der Waals surface area contributed by atoms with Gasteiger partial charge >= 0.3 is 5.97 Å². The van der Waals surface area contributed by atoms with Crippen molar-refractivity contribution in [3.8, 4) is 0 Å². The van der Waals surface area contributed by atoms with E-state index in [2.05, 4.69) is 4.90 Å². The third-order valence-electron chi connectivity index (χ3n) is 4.72. The molecule has 2 aromatic rings. The molecule has 3 rings (SSSR count). The molecule has 0 N–H and O–H groups in total. The first-order valence-electron chi connectivity index (χ1n) is 8.91. The quantitative estimate of drug-likeness (QED) is 0.447. The van der Waals surface area contributed by atoms with Crippen molar-refractivity contribution in [1.82, 2.24) is 9.80 Å². The third-order valence-corrected chi connectivity index (χ3v) is 4.72. The number of piperazine rings is 1. The number of hydrogen-bond donors (Lipinski definition) is 0. The summed E-state index contributed by atoms with van der Waals surface area (Å²) in [6, 6.07) is 13.1. The maximum Gasteiger partial charge on any atom is 0.337 e. The first kappa shape index (κ1) is 19.5. The number of esters is 1. The summed E-state index contributed by atoms with van der Waals surface area (Å²) in [5, 5.41) is 10.9. The molecule has 8 heteroatoms. The van der Waals surface area contributed by atoms with Crippen LogP contribution in [0.15, 0.2) is 48.5 Å². The van der Waals surface area contributed by atoms with Crippen LogP contribution < -0.4 is 0 Å². The highest BCUT2D eigenvalue weighted by molar-refractivity contribution is 5.98. The van der Waals surface area contributed by atoms with E-state index in [1.54, 1.807) is 41.3 Å². The van der Waals surface area contributed by atoms with Crippen LogP contribution in [-0.4, -0.2) is 59.9 Å². The summed E-state index contributed by atoms with van der Waals surface area (Å²) in [5.74, 6) is -0.600. The van der Waals surface area contributed by atoms with Crippen LogP contribution in [0.2, 0.25) is 0 Å². The van der Waals surface area contributed by atoms with Crippen LogP contribution in [0.5, 0.6) is 0 Å².